The van der Waals surface area contributed by atoms with E-state index in [-0.39, 0.29) is 5.91 Å². The molecule has 1 aliphatic rings. The van der Waals surface area contributed by atoms with E-state index in [2.05, 4.69) is 10.3 Å². The Kier molecular flexibility index (Phi) is 2.68. The predicted molar refractivity (Wildman–Crippen MR) is 59.4 cm³/mol. The molecular formula is C11H11N3O2. The number of fused-ring (bicyclic) bond motifs is 1. The summed E-state index contributed by atoms with van der Waals surface area (Å²) >= 11 is 0. The molecule has 0 aromatic carbocycles. The van der Waals surface area contributed by atoms with Crippen molar-refractivity contribution in [1.29, 1.82) is 0 Å². The van der Waals surface area contributed by atoms with E-state index in [0.717, 1.165) is 11.1 Å². The minimum absolute atomic E-state index is 0.0135. The number of anilines is 1. The molecule has 82 valence electrons. The third-order valence-electron chi connectivity index (χ3n) is 2.31. The largest absolute Gasteiger partial charge is 0.366 e. The second-order valence-electron chi connectivity index (χ2n) is 3.56. The fourth-order valence-electron chi connectivity index (χ4n) is 1.54. The first-order valence-electron chi connectivity index (χ1n) is 4.91. The number of primary amides is 1. The fraction of sp³-hybridized carbons (Fsp3) is 0.182. The van der Waals surface area contributed by atoms with Crippen LogP contribution in [-0.2, 0) is 16.0 Å². The van der Waals surface area contributed by atoms with Gasteiger partial charge in [-0.3, -0.25) is 9.59 Å². The van der Waals surface area contributed by atoms with E-state index >= 15 is 0 Å². The Balaban J connectivity index is 2.26. The van der Waals surface area contributed by atoms with Gasteiger partial charge in [-0.1, -0.05) is 0 Å². The maximum Gasteiger partial charge on any atom is 0.241 e. The Labute approximate surface area is 92.4 Å². The van der Waals surface area contributed by atoms with Gasteiger partial charge >= 0.3 is 0 Å². The van der Waals surface area contributed by atoms with Crippen molar-refractivity contribution in [2.75, 3.05) is 5.32 Å². The SMILES string of the molecule is NC(=O)/C=C/c1cnc2c(c1)CCC(=O)N2. The third-order valence-corrected chi connectivity index (χ3v) is 2.31. The highest BCUT2D eigenvalue weighted by molar-refractivity contribution is 5.93. The van der Waals surface area contributed by atoms with E-state index in [9.17, 15) is 9.59 Å². The fourth-order valence-corrected chi connectivity index (χ4v) is 1.54. The van der Waals surface area contributed by atoms with E-state index in [1.54, 1.807) is 12.3 Å². The Morgan fingerprint density at radius 2 is 2.31 bits per heavy atom. The minimum atomic E-state index is -0.494. The summed E-state index contributed by atoms with van der Waals surface area (Å²) in [6.07, 6.45) is 5.62. The van der Waals surface area contributed by atoms with Crippen molar-refractivity contribution >= 4 is 23.7 Å². The maximum absolute atomic E-state index is 11.1. The van der Waals surface area contributed by atoms with Gasteiger partial charge in [0.2, 0.25) is 11.8 Å². The average molecular weight is 217 g/mol. The van der Waals surface area contributed by atoms with Crippen molar-refractivity contribution in [3.05, 3.63) is 29.5 Å². The topological polar surface area (TPSA) is 85.1 Å². The van der Waals surface area contributed by atoms with Crippen LogP contribution in [0.5, 0.6) is 0 Å². The van der Waals surface area contributed by atoms with Gasteiger partial charge in [-0.2, -0.15) is 0 Å². The number of nitrogens with one attached hydrogen (secondary N) is 1. The number of pyridine rings is 1. The van der Waals surface area contributed by atoms with Crippen LogP contribution in [0.15, 0.2) is 18.3 Å². The Bertz CT molecular complexity index is 480. The molecule has 2 heterocycles. The molecule has 5 nitrogen and oxygen atoms in total. The van der Waals surface area contributed by atoms with Crippen LogP contribution in [0.3, 0.4) is 0 Å². The number of hydrogen-bond donors (Lipinski definition) is 2. The molecule has 0 saturated heterocycles. The molecule has 0 atom stereocenters. The van der Waals surface area contributed by atoms with E-state index < -0.39 is 5.91 Å². The second-order valence-corrected chi connectivity index (χ2v) is 3.56. The highest BCUT2D eigenvalue weighted by Crippen LogP contribution is 2.21. The summed E-state index contributed by atoms with van der Waals surface area (Å²) in [6.45, 7) is 0. The summed E-state index contributed by atoms with van der Waals surface area (Å²) in [4.78, 5) is 25.8. The number of carbonyl (C=O) groups is 2. The van der Waals surface area contributed by atoms with Crippen molar-refractivity contribution in [2.24, 2.45) is 5.73 Å². The van der Waals surface area contributed by atoms with Crippen LogP contribution in [0.2, 0.25) is 0 Å². The third kappa shape index (κ3) is 2.25. The van der Waals surface area contributed by atoms with Gasteiger partial charge < -0.3 is 11.1 Å². The van der Waals surface area contributed by atoms with Crippen LogP contribution in [0, 0.1) is 0 Å². The minimum Gasteiger partial charge on any atom is -0.366 e. The molecule has 0 saturated carbocycles. The van der Waals surface area contributed by atoms with Crippen LogP contribution < -0.4 is 11.1 Å². The molecule has 0 aliphatic carbocycles. The van der Waals surface area contributed by atoms with Crippen LogP contribution in [0.4, 0.5) is 5.82 Å². The molecule has 3 N–H and O–H groups in total. The summed E-state index contributed by atoms with van der Waals surface area (Å²) in [5.74, 6) is 0.0962. The Morgan fingerprint density at radius 3 is 3.06 bits per heavy atom. The van der Waals surface area contributed by atoms with Crippen LogP contribution in [0.25, 0.3) is 6.08 Å². The summed E-state index contributed by atoms with van der Waals surface area (Å²) < 4.78 is 0. The summed E-state index contributed by atoms with van der Waals surface area (Å²) in [5.41, 5.74) is 6.77. The first-order chi connectivity index (χ1) is 7.65. The Morgan fingerprint density at radius 1 is 1.50 bits per heavy atom. The number of hydrogen-bond acceptors (Lipinski definition) is 3. The van der Waals surface area contributed by atoms with Gasteiger partial charge in [-0.05, 0) is 29.7 Å². The number of nitrogens with zero attached hydrogens (tertiary/aromatic N) is 1. The van der Waals surface area contributed by atoms with Gasteiger partial charge in [0, 0.05) is 18.7 Å². The lowest BCUT2D eigenvalue weighted by molar-refractivity contribution is -0.116. The number of nitrogens with two attached hydrogens (primary N) is 1. The van der Waals surface area contributed by atoms with E-state index in [0.29, 0.717) is 18.7 Å². The maximum atomic E-state index is 11.1. The predicted octanol–water partition coefficient (Wildman–Crippen LogP) is 0.465. The molecule has 16 heavy (non-hydrogen) atoms. The first-order valence-corrected chi connectivity index (χ1v) is 4.91. The quantitative estimate of drug-likeness (QED) is 0.706. The lowest BCUT2D eigenvalue weighted by Crippen LogP contribution is -2.20. The molecule has 0 spiro atoms. The molecule has 1 aromatic heterocycles. The molecule has 2 rings (SSSR count). The molecular weight excluding hydrogens is 206 g/mol. The molecule has 0 bridgehead atoms. The number of carbonyl (C=O) groups excluding carboxylic acids is 2. The molecule has 1 aromatic rings. The van der Waals surface area contributed by atoms with Crippen molar-refractivity contribution < 1.29 is 9.59 Å². The molecule has 1 aliphatic heterocycles. The van der Waals surface area contributed by atoms with Crippen LogP contribution in [-0.4, -0.2) is 16.8 Å². The van der Waals surface area contributed by atoms with E-state index in [1.165, 1.54) is 6.08 Å². The van der Waals surface area contributed by atoms with Crippen LogP contribution >= 0.6 is 0 Å². The second kappa shape index (κ2) is 4.14. The summed E-state index contributed by atoms with van der Waals surface area (Å²) in [7, 11) is 0. The van der Waals surface area contributed by atoms with Crippen molar-refractivity contribution in [3.63, 3.8) is 0 Å². The summed E-state index contributed by atoms with van der Waals surface area (Å²) in [5, 5.41) is 2.69. The molecule has 0 radical (unpaired) electrons. The van der Waals surface area contributed by atoms with Gasteiger partial charge in [0.15, 0.2) is 0 Å². The van der Waals surface area contributed by atoms with Crippen LogP contribution in [0.1, 0.15) is 17.5 Å². The zero-order valence-corrected chi connectivity index (χ0v) is 8.56. The van der Waals surface area contributed by atoms with Crippen molar-refractivity contribution in [2.45, 2.75) is 12.8 Å². The van der Waals surface area contributed by atoms with Crippen molar-refractivity contribution in [1.82, 2.24) is 4.98 Å². The van der Waals surface area contributed by atoms with Gasteiger partial charge in [0.25, 0.3) is 0 Å². The highest BCUT2D eigenvalue weighted by Gasteiger charge is 2.15. The normalized spacial score (nSPS) is 14.6. The number of rotatable bonds is 2. The van der Waals surface area contributed by atoms with Gasteiger partial charge in [-0.25, -0.2) is 4.98 Å². The number of aryl methyl sites for hydroxylation is 1. The lowest BCUT2D eigenvalue weighted by Gasteiger charge is -2.15. The van der Waals surface area contributed by atoms with Gasteiger partial charge in [0.1, 0.15) is 5.82 Å². The van der Waals surface area contributed by atoms with Crippen molar-refractivity contribution in [3.8, 4) is 0 Å². The standard InChI is InChI=1S/C11H11N3O2/c12-9(15)3-1-7-5-8-2-4-10(16)14-11(8)13-6-7/h1,3,5-6H,2,4H2,(H2,12,15)(H,13,14,16)/b3-1+. The lowest BCUT2D eigenvalue weighted by atomic mass is 10.0. The molecule has 0 unspecified atom stereocenters. The molecule has 0 fully saturated rings. The van der Waals surface area contributed by atoms with E-state index in [4.69, 9.17) is 5.73 Å². The number of aromatic nitrogens is 1. The average Bonchev–Trinajstić information content (AvgIpc) is 2.26. The van der Waals surface area contributed by atoms with Gasteiger partial charge in [0.05, 0.1) is 0 Å². The smallest absolute Gasteiger partial charge is 0.241 e. The molecule has 2 amide bonds. The van der Waals surface area contributed by atoms with Gasteiger partial charge in [-0.15, -0.1) is 0 Å². The number of amides is 2. The van der Waals surface area contributed by atoms with E-state index in [1.807, 2.05) is 6.07 Å². The molecule has 5 heteroatoms. The Hall–Kier alpha value is -2.17. The highest BCUT2D eigenvalue weighted by atomic mass is 16.2. The zero-order chi connectivity index (χ0) is 11.5. The monoisotopic (exact) mass is 217 g/mol. The first kappa shape index (κ1) is 10.4. The summed E-state index contributed by atoms with van der Waals surface area (Å²) in [6, 6.07) is 1.89. The zero-order valence-electron chi connectivity index (χ0n) is 8.56.